The summed E-state index contributed by atoms with van der Waals surface area (Å²) < 4.78 is 31.9. The maximum absolute atomic E-state index is 12.4. The van der Waals surface area contributed by atoms with Gasteiger partial charge in [0.05, 0.1) is 24.9 Å². The SMILES string of the molecule is CC/C=C\C/C=C\C/C=C\C/C=C\C/C=C\CCCC(=O)O[C@H](COC(=O)CCC/C=C\C[C@H]1[C@@H](O)CC(O)O[C@@H]1/C=C/[C@@H](O)CCCCC)COP(=O)(O)O. The van der Waals surface area contributed by atoms with Crippen LogP contribution in [0.15, 0.2) is 85.1 Å². The maximum Gasteiger partial charge on any atom is 0.469 e. The Hall–Kier alpha value is -2.93. The molecule has 0 saturated carbocycles. The van der Waals surface area contributed by atoms with E-state index >= 15 is 0 Å². The Morgan fingerprint density at radius 2 is 1.34 bits per heavy atom. The molecular weight excluding hydrogens is 739 g/mol. The number of phosphoric ester groups is 1. The fraction of sp³-hybridized carbons (Fsp3) is 0.628. The number of unbranched alkanes of at least 4 members (excludes halogenated alkanes) is 4. The zero-order valence-electron chi connectivity index (χ0n) is 33.5. The lowest BCUT2D eigenvalue weighted by Gasteiger charge is -2.36. The van der Waals surface area contributed by atoms with Gasteiger partial charge in [0.2, 0.25) is 0 Å². The van der Waals surface area contributed by atoms with Crippen LogP contribution in [0.1, 0.15) is 123 Å². The van der Waals surface area contributed by atoms with Crippen LogP contribution < -0.4 is 0 Å². The highest BCUT2D eigenvalue weighted by atomic mass is 31.2. The highest BCUT2D eigenvalue weighted by molar-refractivity contribution is 7.46. The van der Waals surface area contributed by atoms with Gasteiger partial charge in [-0.1, -0.05) is 118 Å². The lowest BCUT2D eigenvalue weighted by Crippen LogP contribution is -2.43. The van der Waals surface area contributed by atoms with Crippen molar-refractivity contribution in [2.24, 2.45) is 5.92 Å². The van der Waals surface area contributed by atoms with Gasteiger partial charge >= 0.3 is 19.8 Å². The van der Waals surface area contributed by atoms with Crippen LogP contribution in [0.2, 0.25) is 0 Å². The van der Waals surface area contributed by atoms with Crippen molar-refractivity contribution < 1.29 is 58.0 Å². The van der Waals surface area contributed by atoms with E-state index in [0.29, 0.717) is 38.5 Å². The van der Waals surface area contributed by atoms with E-state index in [0.717, 1.165) is 51.4 Å². The molecule has 0 aromatic carbocycles. The van der Waals surface area contributed by atoms with Crippen LogP contribution in [0, 0.1) is 5.92 Å². The minimum Gasteiger partial charge on any atom is -0.462 e. The Labute approximate surface area is 335 Å². The van der Waals surface area contributed by atoms with E-state index in [-0.39, 0.29) is 25.2 Å². The van der Waals surface area contributed by atoms with Crippen LogP contribution in [-0.4, -0.2) is 81.0 Å². The van der Waals surface area contributed by atoms with E-state index in [2.05, 4.69) is 67.0 Å². The van der Waals surface area contributed by atoms with Gasteiger partial charge in [0.1, 0.15) is 6.61 Å². The molecule has 0 bridgehead atoms. The fourth-order valence-corrected chi connectivity index (χ4v) is 5.98. The van der Waals surface area contributed by atoms with Gasteiger partial charge in [-0.05, 0) is 70.6 Å². The topological polar surface area (TPSA) is 189 Å². The van der Waals surface area contributed by atoms with E-state index in [4.69, 9.17) is 24.0 Å². The normalized spacial score (nSPS) is 20.8. The first-order valence-corrected chi connectivity index (χ1v) is 21.8. The fourth-order valence-electron chi connectivity index (χ4n) is 5.62. The number of esters is 2. The van der Waals surface area contributed by atoms with Gasteiger partial charge in [-0.15, -0.1) is 0 Å². The van der Waals surface area contributed by atoms with Crippen LogP contribution in [0.5, 0.6) is 0 Å². The molecule has 56 heavy (non-hydrogen) atoms. The summed E-state index contributed by atoms with van der Waals surface area (Å²) in [6.45, 7) is 3.16. The van der Waals surface area contributed by atoms with Gasteiger partial charge in [0.15, 0.2) is 12.4 Å². The van der Waals surface area contributed by atoms with Crippen LogP contribution in [0.3, 0.4) is 0 Å². The average molecular weight is 809 g/mol. The smallest absolute Gasteiger partial charge is 0.462 e. The minimum absolute atomic E-state index is 0.0558. The predicted molar refractivity (Wildman–Crippen MR) is 219 cm³/mol. The summed E-state index contributed by atoms with van der Waals surface area (Å²) in [7, 11) is -4.84. The van der Waals surface area contributed by atoms with Crippen molar-refractivity contribution in [3.05, 3.63) is 85.1 Å². The van der Waals surface area contributed by atoms with Crippen LogP contribution in [-0.2, 0) is 32.9 Å². The molecule has 6 atom stereocenters. The van der Waals surface area contributed by atoms with Gasteiger partial charge in [-0.25, -0.2) is 4.57 Å². The van der Waals surface area contributed by atoms with Crippen molar-refractivity contribution >= 4 is 19.8 Å². The molecule has 1 heterocycles. The summed E-state index contributed by atoms with van der Waals surface area (Å²) in [6, 6.07) is 0. The number of carbonyl (C=O) groups is 2. The van der Waals surface area contributed by atoms with Gasteiger partial charge in [0.25, 0.3) is 0 Å². The third-order valence-corrected chi connectivity index (χ3v) is 9.18. The number of rotatable bonds is 31. The largest absolute Gasteiger partial charge is 0.469 e. The van der Waals surface area contributed by atoms with E-state index in [1.807, 2.05) is 24.3 Å². The first-order valence-electron chi connectivity index (χ1n) is 20.3. The first-order chi connectivity index (χ1) is 26.9. The van der Waals surface area contributed by atoms with Crippen molar-refractivity contribution in [1.29, 1.82) is 0 Å². The summed E-state index contributed by atoms with van der Waals surface area (Å²) in [5.74, 6) is -1.48. The second-order valence-electron chi connectivity index (χ2n) is 13.8. The number of ether oxygens (including phenoxy) is 3. The second kappa shape index (κ2) is 33.1. The molecule has 0 aromatic heterocycles. The molecule has 0 aliphatic carbocycles. The van der Waals surface area contributed by atoms with E-state index in [1.54, 1.807) is 12.2 Å². The third-order valence-electron chi connectivity index (χ3n) is 8.69. The van der Waals surface area contributed by atoms with Crippen molar-refractivity contribution in [3.63, 3.8) is 0 Å². The quantitative estimate of drug-likeness (QED) is 0.0196. The highest BCUT2D eigenvalue weighted by Gasteiger charge is 2.35. The Morgan fingerprint density at radius 1 is 0.768 bits per heavy atom. The molecule has 1 aliphatic rings. The lowest BCUT2D eigenvalue weighted by atomic mass is 9.87. The van der Waals surface area contributed by atoms with Crippen LogP contribution in [0.25, 0.3) is 0 Å². The summed E-state index contributed by atoms with van der Waals surface area (Å²) >= 11 is 0. The van der Waals surface area contributed by atoms with Crippen molar-refractivity contribution in [1.82, 2.24) is 0 Å². The van der Waals surface area contributed by atoms with E-state index in [9.17, 15) is 29.5 Å². The molecule has 13 heteroatoms. The molecular formula is C43H69O12P. The zero-order chi connectivity index (χ0) is 41.3. The number of aliphatic hydroxyl groups is 3. The lowest BCUT2D eigenvalue weighted by molar-refractivity contribution is -0.199. The molecule has 0 spiro atoms. The highest BCUT2D eigenvalue weighted by Crippen LogP contribution is 2.36. The molecule has 5 N–H and O–H groups in total. The maximum atomic E-state index is 12.4. The van der Waals surface area contributed by atoms with Crippen LogP contribution >= 0.6 is 7.82 Å². The molecule has 318 valence electrons. The molecule has 0 amide bonds. The monoisotopic (exact) mass is 808 g/mol. The molecule has 1 rings (SSSR count). The number of allylic oxidation sites excluding steroid dienone is 12. The Morgan fingerprint density at radius 3 is 1.93 bits per heavy atom. The number of hydrogen-bond acceptors (Lipinski definition) is 10. The summed E-state index contributed by atoms with van der Waals surface area (Å²) in [4.78, 5) is 43.0. The molecule has 12 nitrogen and oxygen atoms in total. The molecule has 1 saturated heterocycles. The van der Waals surface area contributed by atoms with Gasteiger partial charge in [-0.3, -0.25) is 14.1 Å². The zero-order valence-corrected chi connectivity index (χ0v) is 34.4. The number of phosphoric acid groups is 1. The van der Waals surface area contributed by atoms with Crippen molar-refractivity contribution in [2.75, 3.05) is 13.2 Å². The summed E-state index contributed by atoms with van der Waals surface area (Å²) in [5, 5.41) is 30.8. The van der Waals surface area contributed by atoms with Crippen molar-refractivity contribution in [2.45, 2.75) is 154 Å². The first kappa shape index (κ1) is 51.1. The minimum atomic E-state index is -4.84. The number of carbonyl (C=O) groups excluding carboxylic acids is 2. The van der Waals surface area contributed by atoms with E-state index < -0.39 is 63.7 Å². The van der Waals surface area contributed by atoms with Gasteiger partial charge < -0.3 is 39.3 Å². The van der Waals surface area contributed by atoms with Crippen molar-refractivity contribution in [3.8, 4) is 0 Å². The standard InChI is InChI=1S/C43H69O12P/c1-3-5-7-8-9-10-11-12-13-14-15-16-17-18-19-20-26-30-42(47)54-37(35-53-56(49,50)51)34-52-41(46)29-25-22-21-24-28-38-39(45)33-43(48)55-40(38)32-31-36(44)27-23-6-4-2/h5,7,9-10,12-13,15-16,18-19,21,24,31-32,36-40,43-45,48H,3-4,6,8,11,14,17,20,22-23,25-30,33-35H2,1-2H3,(H2,49,50,51)/b7-5-,10-9-,13-12-,16-15-,19-18-,24-21-,32-31+/t36-,37+,38-,39-,40+,43?/m0/s1. The second-order valence-corrected chi connectivity index (χ2v) is 15.0. The molecule has 0 radical (unpaired) electrons. The Kier molecular flexibility index (Phi) is 30.2. The van der Waals surface area contributed by atoms with E-state index in [1.165, 1.54) is 0 Å². The predicted octanol–water partition coefficient (Wildman–Crippen LogP) is 8.17. The molecule has 1 fully saturated rings. The Bertz CT molecular complexity index is 1300. The molecule has 1 aliphatic heterocycles. The van der Waals surface area contributed by atoms with Gasteiger partial charge in [0, 0.05) is 25.2 Å². The number of hydrogen-bond donors (Lipinski definition) is 5. The summed E-state index contributed by atoms with van der Waals surface area (Å²) in [6.07, 6.45) is 35.0. The third kappa shape index (κ3) is 29.3. The number of aliphatic hydroxyl groups excluding tert-OH is 3. The molecule has 0 aromatic rings. The van der Waals surface area contributed by atoms with Crippen LogP contribution in [0.4, 0.5) is 0 Å². The Balaban J connectivity index is 2.39. The van der Waals surface area contributed by atoms with Gasteiger partial charge in [-0.2, -0.15) is 0 Å². The summed E-state index contributed by atoms with van der Waals surface area (Å²) in [5.41, 5.74) is 0. The molecule has 1 unspecified atom stereocenters. The average Bonchev–Trinajstić information content (AvgIpc) is 3.14.